The highest BCUT2D eigenvalue weighted by Crippen LogP contribution is 2.19. The molecular formula is C20H31N3O3. The highest BCUT2D eigenvalue weighted by atomic mass is 16.3. The molecule has 0 aromatic heterocycles. The lowest BCUT2D eigenvalue weighted by atomic mass is 9.98. The molecule has 2 N–H and O–H groups in total. The second kappa shape index (κ2) is 10.2. The zero-order valence-electron chi connectivity index (χ0n) is 15.9. The number of likely N-dealkylation sites (tertiary alicyclic amines) is 1. The SMILES string of the molecule is CCCCN(CCO)C(=O)Nc1ccc(C(=O)N2CCC(C)CC2)cc1. The molecule has 144 valence electrons. The number of aliphatic hydroxyl groups excluding tert-OH is 1. The predicted molar refractivity (Wildman–Crippen MR) is 103 cm³/mol. The number of hydrogen-bond acceptors (Lipinski definition) is 3. The van der Waals surface area contributed by atoms with Crippen LogP contribution < -0.4 is 5.32 Å². The van der Waals surface area contributed by atoms with Crippen LogP contribution in [0.3, 0.4) is 0 Å². The number of anilines is 1. The van der Waals surface area contributed by atoms with Crippen LogP contribution in [0.4, 0.5) is 10.5 Å². The van der Waals surface area contributed by atoms with E-state index in [4.69, 9.17) is 5.11 Å². The first-order valence-corrected chi connectivity index (χ1v) is 9.61. The number of carbonyl (C=O) groups excluding carboxylic acids is 2. The van der Waals surface area contributed by atoms with Crippen molar-refractivity contribution in [2.24, 2.45) is 5.92 Å². The molecule has 1 fully saturated rings. The zero-order chi connectivity index (χ0) is 18.9. The molecule has 1 aliphatic rings. The molecular weight excluding hydrogens is 330 g/mol. The highest BCUT2D eigenvalue weighted by molar-refractivity contribution is 5.95. The van der Waals surface area contributed by atoms with Crippen molar-refractivity contribution in [2.45, 2.75) is 39.5 Å². The molecule has 1 aliphatic heterocycles. The van der Waals surface area contributed by atoms with Gasteiger partial charge in [-0.15, -0.1) is 0 Å². The van der Waals surface area contributed by atoms with Gasteiger partial charge in [0.25, 0.3) is 5.91 Å². The van der Waals surface area contributed by atoms with Gasteiger partial charge in [-0.2, -0.15) is 0 Å². The monoisotopic (exact) mass is 361 g/mol. The van der Waals surface area contributed by atoms with Crippen molar-refractivity contribution >= 4 is 17.6 Å². The van der Waals surface area contributed by atoms with E-state index in [1.54, 1.807) is 29.2 Å². The second-order valence-corrected chi connectivity index (χ2v) is 7.05. The Hall–Kier alpha value is -2.08. The lowest BCUT2D eigenvalue weighted by molar-refractivity contribution is 0.0697. The van der Waals surface area contributed by atoms with Gasteiger partial charge in [-0.05, 0) is 49.4 Å². The fraction of sp³-hybridized carbons (Fsp3) is 0.600. The van der Waals surface area contributed by atoms with E-state index >= 15 is 0 Å². The molecule has 0 atom stereocenters. The average Bonchev–Trinajstić information content (AvgIpc) is 2.65. The average molecular weight is 361 g/mol. The second-order valence-electron chi connectivity index (χ2n) is 7.05. The van der Waals surface area contributed by atoms with E-state index in [1.165, 1.54) is 0 Å². The third kappa shape index (κ3) is 5.73. The van der Waals surface area contributed by atoms with Gasteiger partial charge < -0.3 is 20.2 Å². The van der Waals surface area contributed by atoms with E-state index in [2.05, 4.69) is 19.2 Å². The van der Waals surface area contributed by atoms with Gasteiger partial charge in [0.2, 0.25) is 0 Å². The topological polar surface area (TPSA) is 72.9 Å². The van der Waals surface area contributed by atoms with Crippen molar-refractivity contribution in [1.29, 1.82) is 0 Å². The fourth-order valence-corrected chi connectivity index (χ4v) is 3.08. The number of benzene rings is 1. The number of hydrogen-bond donors (Lipinski definition) is 2. The quantitative estimate of drug-likeness (QED) is 0.783. The molecule has 1 aromatic rings. The molecule has 2 rings (SSSR count). The van der Waals surface area contributed by atoms with Crippen molar-refractivity contribution in [3.8, 4) is 0 Å². The number of amides is 3. The molecule has 6 nitrogen and oxygen atoms in total. The third-order valence-corrected chi connectivity index (χ3v) is 4.89. The smallest absolute Gasteiger partial charge is 0.321 e. The molecule has 0 aliphatic carbocycles. The first kappa shape index (κ1) is 20.2. The van der Waals surface area contributed by atoms with Crippen LogP contribution >= 0.6 is 0 Å². The van der Waals surface area contributed by atoms with Crippen LogP contribution in [0.25, 0.3) is 0 Å². The number of piperidine rings is 1. The summed E-state index contributed by atoms with van der Waals surface area (Å²) in [5.41, 5.74) is 1.30. The molecule has 6 heteroatoms. The molecule has 0 unspecified atom stereocenters. The minimum atomic E-state index is -0.225. The van der Waals surface area contributed by atoms with Crippen LogP contribution in [0, 0.1) is 5.92 Å². The zero-order valence-corrected chi connectivity index (χ0v) is 15.9. The van der Waals surface area contributed by atoms with Crippen molar-refractivity contribution in [3.05, 3.63) is 29.8 Å². The van der Waals surface area contributed by atoms with Crippen molar-refractivity contribution < 1.29 is 14.7 Å². The van der Waals surface area contributed by atoms with Crippen LogP contribution in [0.15, 0.2) is 24.3 Å². The molecule has 0 saturated carbocycles. The summed E-state index contributed by atoms with van der Waals surface area (Å²) in [6.45, 7) is 6.79. The minimum Gasteiger partial charge on any atom is -0.395 e. The number of rotatable bonds is 7. The van der Waals surface area contributed by atoms with Crippen molar-refractivity contribution in [2.75, 3.05) is 38.1 Å². The molecule has 3 amide bonds. The molecule has 0 spiro atoms. The molecule has 0 bridgehead atoms. The fourth-order valence-electron chi connectivity index (χ4n) is 3.08. The maximum Gasteiger partial charge on any atom is 0.321 e. The molecule has 1 saturated heterocycles. The first-order valence-electron chi connectivity index (χ1n) is 9.61. The summed E-state index contributed by atoms with van der Waals surface area (Å²) in [5.74, 6) is 0.742. The number of nitrogens with zero attached hydrogens (tertiary/aromatic N) is 2. The Bertz CT molecular complexity index is 580. The van der Waals surface area contributed by atoms with Gasteiger partial charge in [0.15, 0.2) is 0 Å². The van der Waals surface area contributed by atoms with E-state index in [-0.39, 0.29) is 18.5 Å². The minimum absolute atomic E-state index is 0.0552. The van der Waals surface area contributed by atoms with E-state index in [0.717, 1.165) is 38.8 Å². The van der Waals surface area contributed by atoms with E-state index in [9.17, 15) is 9.59 Å². The maximum absolute atomic E-state index is 12.6. The van der Waals surface area contributed by atoms with Gasteiger partial charge >= 0.3 is 6.03 Å². The first-order chi connectivity index (χ1) is 12.5. The van der Waals surface area contributed by atoms with Crippen molar-refractivity contribution in [1.82, 2.24) is 9.80 Å². The largest absolute Gasteiger partial charge is 0.395 e. The highest BCUT2D eigenvalue weighted by Gasteiger charge is 2.21. The third-order valence-electron chi connectivity index (χ3n) is 4.89. The number of unbranched alkanes of at least 4 members (excludes halogenated alkanes) is 1. The molecule has 1 heterocycles. The van der Waals surface area contributed by atoms with Crippen LogP contribution in [0.1, 0.15) is 49.9 Å². The summed E-state index contributed by atoms with van der Waals surface area (Å²) in [4.78, 5) is 28.4. The number of nitrogens with one attached hydrogen (secondary N) is 1. The maximum atomic E-state index is 12.6. The summed E-state index contributed by atoms with van der Waals surface area (Å²) >= 11 is 0. The normalized spacial score (nSPS) is 15.0. The lowest BCUT2D eigenvalue weighted by Gasteiger charge is -2.30. The lowest BCUT2D eigenvalue weighted by Crippen LogP contribution is -2.38. The van der Waals surface area contributed by atoms with Gasteiger partial charge in [-0.25, -0.2) is 4.79 Å². The summed E-state index contributed by atoms with van der Waals surface area (Å²) in [7, 11) is 0. The van der Waals surface area contributed by atoms with Gasteiger partial charge in [0, 0.05) is 37.4 Å². The van der Waals surface area contributed by atoms with Crippen molar-refractivity contribution in [3.63, 3.8) is 0 Å². The van der Waals surface area contributed by atoms with Crippen LogP contribution in [-0.2, 0) is 0 Å². The van der Waals surface area contributed by atoms with Crippen LogP contribution in [0.5, 0.6) is 0 Å². The summed E-state index contributed by atoms with van der Waals surface area (Å²) in [6.07, 6.45) is 3.99. The van der Waals surface area contributed by atoms with Gasteiger partial charge in [0.05, 0.1) is 6.61 Å². The molecule has 0 radical (unpaired) electrons. The van der Waals surface area contributed by atoms with Gasteiger partial charge in [0.1, 0.15) is 0 Å². The van der Waals surface area contributed by atoms with E-state index < -0.39 is 0 Å². The number of carbonyl (C=O) groups is 2. The van der Waals surface area contributed by atoms with Crippen LogP contribution in [0.2, 0.25) is 0 Å². The summed E-state index contributed by atoms with van der Waals surface area (Å²) in [5, 5.41) is 12.0. The van der Waals surface area contributed by atoms with Gasteiger partial charge in [-0.1, -0.05) is 20.3 Å². The Kier molecular flexibility index (Phi) is 7.91. The Morgan fingerprint density at radius 3 is 2.42 bits per heavy atom. The summed E-state index contributed by atoms with van der Waals surface area (Å²) in [6, 6.07) is 6.82. The Labute approximate surface area is 156 Å². The number of aliphatic hydroxyl groups is 1. The standard InChI is InChI=1S/C20H31N3O3/c1-3-4-11-23(14-15-24)20(26)21-18-7-5-17(6-8-18)19(25)22-12-9-16(2)10-13-22/h5-8,16,24H,3-4,9-15H2,1-2H3,(H,21,26). The summed E-state index contributed by atoms with van der Waals surface area (Å²) < 4.78 is 0. The van der Waals surface area contributed by atoms with Crippen LogP contribution in [-0.4, -0.2) is 59.6 Å². The molecule has 1 aromatic carbocycles. The predicted octanol–water partition coefficient (Wildman–Crippen LogP) is 3.19. The Morgan fingerprint density at radius 1 is 1.19 bits per heavy atom. The molecule has 26 heavy (non-hydrogen) atoms. The Balaban J connectivity index is 1.93. The number of urea groups is 1. The van der Waals surface area contributed by atoms with E-state index in [1.807, 2.05) is 4.90 Å². The Morgan fingerprint density at radius 2 is 1.85 bits per heavy atom. The van der Waals surface area contributed by atoms with Gasteiger partial charge in [-0.3, -0.25) is 4.79 Å². The van der Waals surface area contributed by atoms with E-state index in [0.29, 0.717) is 30.3 Å².